The molecule has 2 saturated carbocycles. The number of hydrogen-bond acceptors (Lipinski definition) is 5. The Balaban J connectivity index is 0.000000449. The summed E-state index contributed by atoms with van der Waals surface area (Å²) in [5.74, 6) is -5.59. The zero-order valence-corrected chi connectivity index (χ0v) is 21.1. The van der Waals surface area contributed by atoms with Crippen LogP contribution in [-0.2, 0) is 14.4 Å². The number of carboxylic acids is 3. The topological polar surface area (TPSA) is 136 Å². The summed E-state index contributed by atoms with van der Waals surface area (Å²) in [5.41, 5.74) is 2.86. The normalized spacial score (nSPS) is 22.9. The highest BCUT2D eigenvalue weighted by Gasteiger charge is 2.41. The van der Waals surface area contributed by atoms with Crippen LogP contribution in [0, 0.1) is 5.92 Å². The minimum atomic E-state index is -5.08. The Morgan fingerprint density at radius 3 is 1.74 bits per heavy atom. The first-order valence-electron chi connectivity index (χ1n) is 12.1. The zero-order chi connectivity index (χ0) is 29.8. The molecule has 0 bridgehead atoms. The van der Waals surface area contributed by atoms with Crippen LogP contribution in [0.25, 0.3) is 6.08 Å². The predicted molar refractivity (Wildman–Crippen MR) is 129 cm³/mol. The highest BCUT2D eigenvalue weighted by atomic mass is 19.4. The summed E-state index contributed by atoms with van der Waals surface area (Å²) in [6.45, 7) is 2.33. The molecular weight excluding hydrogens is 538 g/mol. The van der Waals surface area contributed by atoms with E-state index in [1.807, 2.05) is 0 Å². The lowest BCUT2D eigenvalue weighted by molar-refractivity contribution is -0.193. The van der Waals surface area contributed by atoms with Crippen LogP contribution >= 0.6 is 0 Å². The standard InChI is InChI=1S/C21H30N2O2.2C2HF3O2/c1-2-16(12-15-6-4-3-5-7-15)19-13-20(19)23-18-10-8-17(9-11-18)22-14-21(24)25;2*3-2(4,5)1(6)7/h3-7,12,17-20,22-23H,2,8-11,13-14H2,1H3,(H,24,25);2*(H,6,7)/b16-12+;;/t17-,18+,19-,20+;;/m0../s1. The third kappa shape index (κ3) is 14.0. The maximum absolute atomic E-state index is 10.6. The van der Waals surface area contributed by atoms with E-state index in [4.69, 9.17) is 24.9 Å². The number of carbonyl (C=O) groups is 3. The van der Waals surface area contributed by atoms with Gasteiger partial charge in [-0.25, -0.2) is 9.59 Å². The van der Waals surface area contributed by atoms with Crippen molar-refractivity contribution >= 4 is 24.0 Å². The molecule has 0 aliphatic heterocycles. The third-order valence-corrected chi connectivity index (χ3v) is 6.03. The number of halogens is 6. The summed E-state index contributed by atoms with van der Waals surface area (Å²) in [5, 5.41) is 30.0. The SMILES string of the molecule is CC/C(=C\c1ccccc1)[C@@H]1C[C@H]1N[C@H]1CC[C@@H](NCC(=O)O)CC1.O=C(O)C(F)(F)F.O=C(O)C(F)(F)F. The van der Waals surface area contributed by atoms with Crippen molar-refractivity contribution in [1.82, 2.24) is 10.6 Å². The van der Waals surface area contributed by atoms with Crippen molar-refractivity contribution in [3.8, 4) is 0 Å². The van der Waals surface area contributed by atoms with Crippen molar-refractivity contribution in [2.24, 2.45) is 5.92 Å². The van der Waals surface area contributed by atoms with Gasteiger partial charge in [-0.1, -0.05) is 48.9 Å². The first-order valence-corrected chi connectivity index (χ1v) is 12.1. The molecule has 0 aromatic heterocycles. The Hall–Kier alpha value is -3.13. The Kier molecular flexibility index (Phi) is 13.4. The maximum atomic E-state index is 10.6. The molecule has 0 radical (unpaired) electrons. The van der Waals surface area contributed by atoms with Crippen LogP contribution in [0.15, 0.2) is 35.9 Å². The molecule has 1 aromatic rings. The minimum absolute atomic E-state index is 0.0810. The highest BCUT2D eigenvalue weighted by molar-refractivity contribution is 5.73. The van der Waals surface area contributed by atoms with Gasteiger partial charge in [0.2, 0.25) is 0 Å². The summed E-state index contributed by atoms with van der Waals surface area (Å²) >= 11 is 0. The van der Waals surface area contributed by atoms with Gasteiger partial charge in [0.25, 0.3) is 0 Å². The molecule has 14 heteroatoms. The number of hydrogen-bond donors (Lipinski definition) is 5. The fourth-order valence-electron chi connectivity index (χ4n) is 4.02. The maximum Gasteiger partial charge on any atom is 0.490 e. The Morgan fingerprint density at radius 2 is 1.33 bits per heavy atom. The first-order chi connectivity index (χ1) is 18.0. The molecule has 0 amide bonds. The highest BCUT2D eigenvalue weighted by Crippen LogP contribution is 2.40. The van der Waals surface area contributed by atoms with E-state index in [-0.39, 0.29) is 6.54 Å². The van der Waals surface area contributed by atoms with Crippen LogP contribution in [0.2, 0.25) is 0 Å². The lowest BCUT2D eigenvalue weighted by Gasteiger charge is -2.29. The second-order valence-electron chi connectivity index (χ2n) is 9.03. The van der Waals surface area contributed by atoms with Crippen molar-refractivity contribution in [2.45, 2.75) is 75.9 Å². The van der Waals surface area contributed by atoms with Gasteiger partial charge in [0, 0.05) is 18.1 Å². The molecule has 0 saturated heterocycles. The molecule has 2 aliphatic rings. The first kappa shape index (κ1) is 33.9. The van der Waals surface area contributed by atoms with E-state index in [1.54, 1.807) is 5.57 Å². The smallest absolute Gasteiger partial charge is 0.480 e. The molecule has 5 N–H and O–H groups in total. The molecule has 0 unspecified atom stereocenters. The van der Waals surface area contributed by atoms with Gasteiger partial charge in [-0.05, 0) is 50.0 Å². The lowest BCUT2D eigenvalue weighted by atomic mass is 9.91. The van der Waals surface area contributed by atoms with E-state index in [1.165, 1.54) is 12.0 Å². The van der Waals surface area contributed by atoms with Gasteiger partial charge in [-0.2, -0.15) is 26.3 Å². The number of carboxylic acid groups (broad SMARTS) is 3. The van der Waals surface area contributed by atoms with E-state index in [0.29, 0.717) is 24.0 Å². The molecule has 2 fully saturated rings. The van der Waals surface area contributed by atoms with Crippen LogP contribution in [0.4, 0.5) is 26.3 Å². The fraction of sp³-hybridized carbons (Fsp3) is 0.560. The molecule has 220 valence electrons. The van der Waals surface area contributed by atoms with Crippen molar-refractivity contribution < 1.29 is 56.0 Å². The van der Waals surface area contributed by atoms with E-state index >= 15 is 0 Å². The van der Waals surface area contributed by atoms with E-state index in [0.717, 1.165) is 32.1 Å². The van der Waals surface area contributed by atoms with Crippen LogP contribution in [0.1, 0.15) is 51.0 Å². The average molecular weight is 571 g/mol. The average Bonchev–Trinajstić information content (AvgIpc) is 3.61. The van der Waals surface area contributed by atoms with Crippen molar-refractivity contribution in [1.29, 1.82) is 0 Å². The molecule has 0 spiro atoms. The Bertz CT molecular complexity index is 936. The largest absolute Gasteiger partial charge is 0.490 e. The van der Waals surface area contributed by atoms with Crippen LogP contribution < -0.4 is 10.6 Å². The van der Waals surface area contributed by atoms with E-state index < -0.39 is 30.3 Å². The number of aliphatic carboxylic acids is 3. The third-order valence-electron chi connectivity index (χ3n) is 6.03. The number of alkyl halides is 6. The van der Waals surface area contributed by atoms with Gasteiger partial charge >= 0.3 is 30.3 Å². The van der Waals surface area contributed by atoms with Gasteiger partial charge in [0.15, 0.2) is 0 Å². The van der Waals surface area contributed by atoms with Gasteiger partial charge in [0.1, 0.15) is 0 Å². The van der Waals surface area contributed by atoms with Gasteiger partial charge in [-0.3, -0.25) is 4.79 Å². The van der Waals surface area contributed by atoms with Crippen LogP contribution in [-0.4, -0.2) is 70.3 Å². The summed E-state index contributed by atoms with van der Waals surface area (Å²) in [6, 6.07) is 12.2. The summed E-state index contributed by atoms with van der Waals surface area (Å²) in [4.78, 5) is 28.4. The lowest BCUT2D eigenvalue weighted by Crippen LogP contribution is -2.42. The molecular formula is C25H32F6N2O6. The van der Waals surface area contributed by atoms with Gasteiger partial charge in [0.05, 0.1) is 6.54 Å². The Labute approximate surface area is 221 Å². The molecule has 2 atom stereocenters. The second kappa shape index (κ2) is 15.5. The molecule has 39 heavy (non-hydrogen) atoms. The molecule has 0 heterocycles. The molecule has 2 aliphatic carbocycles. The molecule has 8 nitrogen and oxygen atoms in total. The number of rotatable bonds is 8. The molecule has 1 aromatic carbocycles. The molecule has 3 rings (SSSR count). The number of benzene rings is 1. The zero-order valence-electron chi connectivity index (χ0n) is 21.1. The summed E-state index contributed by atoms with van der Waals surface area (Å²) in [6.07, 6.45) is -1.01. The van der Waals surface area contributed by atoms with Gasteiger partial charge in [-0.15, -0.1) is 0 Å². The minimum Gasteiger partial charge on any atom is -0.480 e. The predicted octanol–water partition coefficient (Wildman–Crippen LogP) is 4.71. The monoisotopic (exact) mass is 570 g/mol. The fourth-order valence-corrected chi connectivity index (χ4v) is 4.02. The van der Waals surface area contributed by atoms with Crippen LogP contribution in [0.3, 0.4) is 0 Å². The second-order valence-corrected chi connectivity index (χ2v) is 9.03. The van der Waals surface area contributed by atoms with Crippen molar-refractivity contribution in [3.05, 3.63) is 41.5 Å². The Morgan fingerprint density at radius 1 is 0.872 bits per heavy atom. The van der Waals surface area contributed by atoms with Gasteiger partial charge < -0.3 is 26.0 Å². The number of nitrogens with one attached hydrogen (secondary N) is 2. The van der Waals surface area contributed by atoms with E-state index in [2.05, 4.69) is 54.0 Å². The van der Waals surface area contributed by atoms with Crippen molar-refractivity contribution in [3.63, 3.8) is 0 Å². The van der Waals surface area contributed by atoms with E-state index in [9.17, 15) is 31.1 Å². The van der Waals surface area contributed by atoms with Crippen molar-refractivity contribution in [2.75, 3.05) is 6.54 Å². The summed E-state index contributed by atoms with van der Waals surface area (Å²) in [7, 11) is 0. The quantitative estimate of drug-likeness (QED) is 0.284. The van der Waals surface area contributed by atoms with Crippen LogP contribution in [0.5, 0.6) is 0 Å². The summed E-state index contributed by atoms with van der Waals surface area (Å²) < 4.78 is 63.5.